The molecule has 0 unspecified atom stereocenters. The molecule has 28 heavy (non-hydrogen) atoms. The van der Waals surface area contributed by atoms with Crippen molar-refractivity contribution in [3.05, 3.63) is 48.4 Å². The zero-order valence-corrected chi connectivity index (χ0v) is 15.1. The van der Waals surface area contributed by atoms with Gasteiger partial charge in [-0.1, -0.05) is 30.4 Å². The van der Waals surface area contributed by atoms with Gasteiger partial charge in [0.15, 0.2) is 6.61 Å². The third kappa shape index (κ3) is 3.58. The van der Waals surface area contributed by atoms with E-state index in [0.29, 0.717) is 18.7 Å². The van der Waals surface area contributed by atoms with Gasteiger partial charge in [-0.3, -0.25) is 19.3 Å². The zero-order chi connectivity index (χ0) is 19.5. The topological polar surface area (TPSA) is 103 Å². The van der Waals surface area contributed by atoms with E-state index in [1.807, 2.05) is 42.5 Å². The van der Waals surface area contributed by atoms with Crippen LogP contribution in [0.1, 0.15) is 25.2 Å². The van der Waals surface area contributed by atoms with Crippen LogP contribution < -0.4 is 0 Å². The van der Waals surface area contributed by atoms with Gasteiger partial charge in [0.25, 0.3) is 5.89 Å². The van der Waals surface area contributed by atoms with E-state index in [1.54, 1.807) is 0 Å². The number of benzene rings is 1. The second kappa shape index (κ2) is 7.75. The maximum absolute atomic E-state index is 12.4. The van der Waals surface area contributed by atoms with Crippen LogP contribution >= 0.6 is 0 Å². The summed E-state index contributed by atoms with van der Waals surface area (Å²) in [5, 5.41) is 7.78. The minimum Gasteiger partial charge on any atom is -0.456 e. The van der Waals surface area contributed by atoms with Gasteiger partial charge < -0.3 is 9.15 Å². The highest BCUT2D eigenvalue weighted by Gasteiger charge is 2.46. The Morgan fingerprint density at radius 1 is 1.07 bits per heavy atom. The smallest absolute Gasteiger partial charge is 0.308 e. The number of carbonyl (C=O) groups excluding carboxylic acids is 3. The fraction of sp³-hybridized carbons (Fsp3) is 0.350. The lowest BCUT2D eigenvalue weighted by Crippen LogP contribution is -2.33. The number of hydrogen-bond donors (Lipinski definition) is 0. The molecule has 0 N–H and O–H groups in total. The Labute approximate surface area is 161 Å². The highest BCUT2D eigenvalue weighted by molar-refractivity contribution is 6.05. The van der Waals surface area contributed by atoms with Gasteiger partial charge in [0.1, 0.15) is 0 Å². The van der Waals surface area contributed by atoms with E-state index in [4.69, 9.17) is 9.15 Å². The van der Waals surface area contributed by atoms with Crippen LogP contribution in [-0.2, 0) is 25.7 Å². The van der Waals surface area contributed by atoms with Crippen molar-refractivity contribution < 1.29 is 23.5 Å². The molecular weight excluding hydrogens is 362 g/mol. The number of allylic oxidation sites excluding steroid dienone is 2. The average molecular weight is 381 g/mol. The second-order valence-electron chi connectivity index (χ2n) is 6.76. The minimum absolute atomic E-state index is 0.0304. The van der Waals surface area contributed by atoms with Gasteiger partial charge in [0, 0.05) is 12.1 Å². The molecule has 1 aromatic carbocycles. The van der Waals surface area contributed by atoms with Crippen LogP contribution in [-0.4, -0.2) is 39.4 Å². The first kappa shape index (κ1) is 18.1. The Kier molecular flexibility index (Phi) is 5.01. The lowest BCUT2D eigenvalue weighted by molar-refractivity contribution is -0.147. The second-order valence-corrected chi connectivity index (χ2v) is 6.76. The molecule has 1 fully saturated rings. The predicted molar refractivity (Wildman–Crippen MR) is 96.2 cm³/mol. The van der Waals surface area contributed by atoms with Crippen molar-refractivity contribution in [1.29, 1.82) is 0 Å². The SMILES string of the molecule is O=C(CCN1C(=O)[C@@H]2CC=CC[C@H]2C1=O)OCc1nnc(-c2ccccc2)o1. The molecule has 8 nitrogen and oxygen atoms in total. The molecular formula is C20H19N3O5. The number of amides is 2. The van der Waals surface area contributed by atoms with E-state index in [-0.39, 0.29) is 49.1 Å². The van der Waals surface area contributed by atoms with Gasteiger partial charge >= 0.3 is 5.97 Å². The normalized spacial score (nSPS) is 21.1. The van der Waals surface area contributed by atoms with E-state index in [9.17, 15) is 14.4 Å². The van der Waals surface area contributed by atoms with Crippen molar-refractivity contribution in [3.63, 3.8) is 0 Å². The molecule has 2 atom stereocenters. The number of rotatable bonds is 6. The molecule has 0 saturated carbocycles. The fourth-order valence-corrected chi connectivity index (χ4v) is 3.52. The highest BCUT2D eigenvalue weighted by Crippen LogP contribution is 2.35. The van der Waals surface area contributed by atoms with Gasteiger partial charge in [0.05, 0.1) is 18.3 Å². The molecule has 1 saturated heterocycles. The molecule has 2 amide bonds. The number of imide groups is 1. The number of likely N-dealkylation sites (tertiary alicyclic amines) is 1. The number of esters is 1. The third-order valence-corrected chi connectivity index (χ3v) is 4.98. The Morgan fingerprint density at radius 2 is 1.75 bits per heavy atom. The maximum atomic E-state index is 12.4. The number of fused-ring (bicyclic) bond motifs is 1. The lowest BCUT2D eigenvalue weighted by atomic mass is 9.85. The molecule has 1 aromatic heterocycles. The summed E-state index contributed by atoms with van der Waals surface area (Å²) in [4.78, 5) is 37.9. The van der Waals surface area contributed by atoms with E-state index in [0.717, 1.165) is 5.56 Å². The number of ether oxygens (including phenoxy) is 1. The highest BCUT2D eigenvalue weighted by atomic mass is 16.5. The molecule has 1 aliphatic heterocycles. The van der Waals surface area contributed by atoms with Gasteiger partial charge in [-0.2, -0.15) is 0 Å². The first-order chi connectivity index (χ1) is 13.6. The maximum Gasteiger partial charge on any atom is 0.308 e. The minimum atomic E-state index is -0.534. The summed E-state index contributed by atoms with van der Waals surface area (Å²) in [6, 6.07) is 9.25. The molecule has 2 aromatic rings. The van der Waals surface area contributed by atoms with Crippen molar-refractivity contribution in [3.8, 4) is 11.5 Å². The molecule has 0 spiro atoms. The zero-order valence-electron chi connectivity index (χ0n) is 15.1. The lowest BCUT2D eigenvalue weighted by Gasteiger charge is -2.14. The Hall–Kier alpha value is -3.29. The van der Waals surface area contributed by atoms with Crippen LogP contribution in [0.25, 0.3) is 11.5 Å². The molecule has 1 aliphatic carbocycles. The van der Waals surface area contributed by atoms with Gasteiger partial charge in [-0.05, 0) is 25.0 Å². The Balaban J connectivity index is 1.27. The van der Waals surface area contributed by atoms with Crippen LogP contribution in [0.5, 0.6) is 0 Å². The number of aromatic nitrogens is 2. The van der Waals surface area contributed by atoms with Crippen molar-refractivity contribution in [2.75, 3.05) is 6.54 Å². The monoisotopic (exact) mass is 381 g/mol. The van der Waals surface area contributed by atoms with Crippen LogP contribution in [0.3, 0.4) is 0 Å². The molecule has 0 radical (unpaired) electrons. The molecule has 8 heteroatoms. The average Bonchev–Trinajstić information content (AvgIpc) is 3.30. The largest absolute Gasteiger partial charge is 0.456 e. The molecule has 2 aliphatic rings. The van der Waals surface area contributed by atoms with Gasteiger partial charge in [-0.25, -0.2) is 0 Å². The number of nitrogens with zero attached hydrogens (tertiary/aromatic N) is 3. The summed E-state index contributed by atoms with van der Waals surface area (Å²) in [5.41, 5.74) is 0.773. The summed E-state index contributed by atoms with van der Waals surface area (Å²) >= 11 is 0. The standard InChI is InChI=1S/C20H19N3O5/c24-17(10-11-23-19(25)14-8-4-5-9-15(14)20(23)26)27-12-16-21-22-18(28-16)13-6-2-1-3-7-13/h1-7,14-15H,8-12H2/t14-,15-/m1/s1. The van der Waals surface area contributed by atoms with Gasteiger partial charge in [0.2, 0.25) is 17.7 Å². The predicted octanol–water partition coefficient (Wildman–Crippen LogP) is 2.12. The fourth-order valence-electron chi connectivity index (χ4n) is 3.52. The molecule has 2 heterocycles. The van der Waals surface area contributed by atoms with Crippen LogP contribution in [0.4, 0.5) is 0 Å². The summed E-state index contributed by atoms with van der Waals surface area (Å²) < 4.78 is 10.6. The van der Waals surface area contributed by atoms with Crippen LogP contribution in [0.15, 0.2) is 46.9 Å². The summed E-state index contributed by atoms with van der Waals surface area (Å²) in [7, 11) is 0. The number of hydrogen-bond acceptors (Lipinski definition) is 7. The Morgan fingerprint density at radius 3 is 2.43 bits per heavy atom. The van der Waals surface area contributed by atoms with E-state index < -0.39 is 5.97 Å². The summed E-state index contributed by atoms with van der Waals surface area (Å²) in [6.07, 6.45) is 4.95. The van der Waals surface area contributed by atoms with Crippen molar-refractivity contribution in [1.82, 2.24) is 15.1 Å². The Bertz CT molecular complexity index is 895. The van der Waals surface area contributed by atoms with Crippen molar-refractivity contribution >= 4 is 17.8 Å². The van der Waals surface area contributed by atoms with E-state index in [1.165, 1.54) is 4.90 Å². The molecule has 4 rings (SSSR count). The van der Waals surface area contributed by atoms with Gasteiger partial charge in [-0.15, -0.1) is 10.2 Å². The molecule has 0 bridgehead atoms. The first-order valence-corrected chi connectivity index (χ1v) is 9.17. The molecule has 144 valence electrons. The summed E-state index contributed by atoms with van der Waals surface area (Å²) in [6.45, 7) is -0.127. The van der Waals surface area contributed by atoms with E-state index >= 15 is 0 Å². The summed E-state index contributed by atoms with van der Waals surface area (Å²) in [5.74, 6) is -0.985. The third-order valence-electron chi connectivity index (χ3n) is 4.98. The van der Waals surface area contributed by atoms with E-state index in [2.05, 4.69) is 10.2 Å². The van der Waals surface area contributed by atoms with Crippen molar-refractivity contribution in [2.45, 2.75) is 25.9 Å². The first-order valence-electron chi connectivity index (χ1n) is 9.17. The quantitative estimate of drug-likeness (QED) is 0.429. The number of carbonyl (C=O) groups is 3. The van der Waals surface area contributed by atoms with Crippen molar-refractivity contribution in [2.24, 2.45) is 11.8 Å². The van der Waals surface area contributed by atoms with Crippen LogP contribution in [0.2, 0.25) is 0 Å². The van der Waals surface area contributed by atoms with Crippen LogP contribution in [0, 0.1) is 11.8 Å².